The number of benzene rings is 2. The summed E-state index contributed by atoms with van der Waals surface area (Å²) in [5, 5.41) is 2.84. The van der Waals surface area contributed by atoms with Gasteiger partial charge in [0.05, 0.1) is 5.75 Å². The number of nitrogen functional groups attached to an aromatic ring is 1. The van der Waals surface area contributed by atoms with Crippen molar-refractivity contribution in [1.29, 1.82) is 0 Å². The minimum Gasteiger partial charge on any atom is -0.398 e. The predicted molar refractivity (Wildman–Crippen MR) is 81.4 cm³/mol. The zero-order chi connectivity index (χ0) is 13.7. The number of carbonyl (C=O) groups excluding carboxylic acids is 1. The number of nitrogens with two attached hydrogens (primary N) is 1. The van der Waals surface area contributed by atoms with Gasteiger partial charge in [-0.3, -0.25) is 4.79 Å². The summed E-state index contributed by atoms with van der Waals surface area (Å²) in [4.78, 5) is 12.9. The molecule has 3 nitrogen and oxygen atoms in total. The standard InChI is InChI=1S/C15H16N2OS/c1-11-7-8-12(9-14(11)16)17-15(18)10-19-13-5-3-2-4-6-13/h2-9H,10,16H2,1H3,(H,17,18). The highest BCUT2D eigenvalue weighted by molar-refractivity contribution is 8.00. The summed E-state index contributed by atoms with van der Waals surface area (Å²) in [7, 11) is 0. The molecule has 0 fully saturated rings. The van der Waals surface area contributed by atoms with Gasteiger partial charge >= 0.3 is 0 Å². The molecular formula is C15H16N2OS. The average molecular weight is 272 g/mol. The number of hydrogen-bond acceptors (Lipinski definition) is 3. The third-order valence-corrected chi connectivity index (χ3v) is 3.69. The van der Waals surface area contributed by atoms with Crippen LogP contribution in [0.25, 0.3) is 0 Å². The van der Waals surface area contributed by atoms with Crippen LogP contribution >= 0.6 is 11.8 Å². The summed E-state index contributed by atoms with van der Waals surface area (Å²) < 4.78 is 0. The van der Waals surface area contributed by atoms with E-state index >= 15 is 0 Å². The second-order valence-electron chi connectivity index (χ2n) is 4.22. The van der Waals surface area contributed by atoms with Gasteiger partial charge in [-0.25, -0.2) is 0 Å². The molecule has 0 aliphatic carbocycles. The van der Waals surface area contributed by atoms with Crippen LogP contribution in [0.2, 0.25) is 0 Å². The van der Waals surface area contributed by atoms with Crippen LogP contribution in [0.15, 0.2) is 53.4 Å². The molecule has 2 rings (SSSR count). The first-order valence-electron chi connectivity index (χ1n) is 5.99. The summed E-state index contributed by atoms with van der Waals surface area (Å²) in [5.41, 5.74) is 8.24. The number of amides is 1. The van der Waals surface area contributed by atoms with E-state index in [2.05, 4.69) is 5.32 Å². The molecule has 0 aliphatic heterocycles. The van der Waals surface area contributed by atoms with Crippen molar-refractivity contribution in [2.45, 2.75) is 11.8 Å². The zero-order valence-electron chi connectivity index (χ0n) is 10.7. The molecule has 0 heterocycles. The lowest BCUT2D eigenvalue weighted by Gasteiger charge is -2.07. The minimum atomic E-state index is -0.0305. The third-order valence-electron chi connectivity index (χ3n) is 2.68. The summed E-state index contributed by atoms with van der Waals surface area (Å²) >= 11 is 1.51. The van der Waals surface area contributed by atoms with Crippen LogP contribution in [0.1, 0.15) is 5.56 Å². The first-order valence-corrected chi connectivity index (χ1v) is 6.97. The number of rotatable bonds is 4. The molecule has 2 aromatic rings. The van der Waals surface area contributed by atoms with Crippen molar-refractivity contribution in [3.05, 3.63) is 54.1 Å². The highest BCUT2D eigenvalue weighted by Crippen LogP contribution is 2.19. The summed E-state index contributed by atoms with van der Waals surface area (Å²) in [6.45, 7) is 1.94. The second-order valence-corrected chi connectivity index (χ2v) is 5.27. The second kappa shape index (κ2) is 6.29. The van der Waals surface area contributed by atoms with Crippen molar-refractivity contribution < 1.29 is 4.79 Å². The van der Waals surface area contributed by atoms with Gasteiger partial charge in [-0.05, 0) is 36.8 Å². The molecule has 0 spiro atoms. The van der Waals surface area contributed by atoms with Crippen molar-refractivity contribution in [2.75, 3.05) is 16.8 Å². The topological polar surface area (TPSA) is 55.1 Å². The van der Waals surface area contributed by atoms with Gasteiger partial charge in [-0.15, -0.1) is 11.8 Å². The van der Waals surface area contributed by atoms with E-state index in [1.165, 1.54) is 11.8 Å². The van der Waals surface area contributed by atoms with Gasteiger partial charge in [0.1, 0.15) is 0 Å². The molecule has 0 saturated heterocycles. The van der Waals surface area contributed by atoms with Crippen LogP contribution in [0, 0.1) is 6.92 Å². The maximum atomic E-state index is 11.8. The summed E-state index contributed by atoms with van der Waals surface area (Å²) in [6, 6.07) is 15.4. The Bertz CT molecular complexity index is 570. The molecule has 0 unspecified atom stereocenters. The van der Waals surface area contributed by atoms with E-state index in [0.717, 1.165) is 16.1 Å². The Kier molecular flexibility index (Phi) is 4.47. The highest BCUT2D eigenvalue weighted by atomic mass is 32.2. The predicted octanol–water partition coefficient (Wildman–Crippen LogP) is 3.31. The van der Waals surface area contributed by atoms with E-state index in [4.69, 9.17) is 5.73 Å². The summed E-state index contributed by atoms with van der Waals surface area (Å²) in [6.07, 6.45) is 0. The molecule has 2 aromatic carbocycles. The Morgan fingerprint density at radius 1 is 1.21 bits per heavy atom. The van der Waals surface area contributed by atoms with Crippen molar-refractivity contribution in [3.8, 4) is 0 Å². The first kappa shape index (κ1) is 13.5. The lowest BCUT2D eigenvalue weighted by molar-refractivity contribution is -0.113. The van der Waals surface area contributed by atoms with E-state index < -0.39 is 0 Å². The third kappa shape index (κ3) is 4.03. The SMILES string of the molecule is Cc1ccc(NC(=O)CSc2ccccc2)cc1N. The molecule has 0 radical (unpaired) electrons. The Morgan fingerprint density at radius 3 is 2.63 bits per heavy atom. The van der Waals surface area contributed by atoms with E-state index in [9.17, 15) is 4.79 Å². The fourth-order valence-corrected chi connectivity index (χ4v) is 2.30. The lowest BCUT2D eigenvalue weighted by atomic mass is 10.2. The average Bonchev–Trinajstić information content (AvgIpc) is 2.42. The number of carbonyl (C=O) groups is 1. The van der Waals surface area contributed by atoms with Gasteiger partial charge < -0.3 is 11.1 Å². The van der Waals surface area contributed by atoms with Gasteiger partial charge in [-0.1, -0.05) is 24.3 Å². The van der Waals surface area contributed by atoms with Crippen molar-refractivity contribution >= 4 is 29.0 Å². The molecule has 0 aliphatic rings. The monoisotopic (exact) mass is 272 g/mol. The Labute approximate surface area is 117 Å². The quantitative estimate of drug-likeness (QED) is 0.663. The van der Waals surface area contributed by atoms with Crippen LogP contribution in [0.4, 0.5) is 11.4 Å². The molecule has 0 atom stereocenters. The highest BCUT2D eigenvalue weighted by Gasteiger charge is 2.04. The van der Waals surface area contributed by atoms with Crippen molar-refractivity contribution in [2.24, 2.45) is 0 Å². The fraction of sp³-hybridized carbons (Fsp3) is 0.133. The molecule has 19 heavy (non-hydrogen) atoms. The van der Waals surface area contributed by atoms with Crippen molar-refractivity contribution in [1.82, 2.24) is 0 Å². The van der Waals surface area contributed by atoms with Gasteiger partial charge in [0.25, 0.3) is 0 Å². The number of hydrogen-bond donors (Lipinski definition) is 2. The molecule has 98 valence electrons. The lowest BCUT2D eigenvalue weighted by Crippen LogP contribution is -2.14. The fourth-order valence-electron chi connectivity index (χ4n) is 1.58. The van der Waals surface area contributed by atoms with E-state index in [1.807, 2.05) is 49.4 Å². The van der Waals surface area contributed by atoms with Crippen LogP contribution < -0.4 is 11.1 Å². The van der Waals surface area contributed by atoms with Crippen LogP contribution in [-0.2, 0) is 4.79 Å². The molecular weight excluding hydrogens is 256 g/mol. The molecule has 1 amide bonds. The van der Waals surface area contributed by atoms with Crippen LogP contribution in [0.5, 0.6) is 0 Å². The Morgan fingerprint density at radius 2 is 1.95 bits per heavy atom. The zero-order valence-corrected chi connectivity index (χ0v) is 11.5. The maximum absolute atomic E-state index is 11.8. The Balaban J connectivity index is 1.89. The normalized spacial score (nSPS) is 10.2. The molecule has 3 N–H and O–H groups in total. The molecule has 0 bridgehead atoms. The molecule has 4 heteroatoms. The van der Waals surface area contributed by atoms with E-state index in [-0.39, 0.29) is 5.91 Å². The summed E-state index contributed by atoms with van der Waals surface area (Å²) in [5.74, 6) is 0.356. The van der Waals surface area contributed by atoms with Gasteiger partial charge in [0.15, 0.2) is 0 Å². The maximum Gasteiger partial charge on any atom is 0.234 e. The molecule has 0 saturated carbocycles. The van der Waals surface area contributed by atoms with Gasteiger partial charge in [0.2, 0.25) is 5.91 Å². The number of thioether (sulfide) groups is 1. The minimum absolute atomic E-state index is 0.0305. The van der Waals surface area contributed by atoms with Crippen LogP contribution in [-0.4, -0.2) is 11.7 Å². The van der Waals surface area contributed by atoms with Crippen LogP contribution in [0.3, 0.4) is 0 Å². The molecule has 0 aromatic heterocycles. The first-order chi connectivity index (χ1) is 9.15. The van der Waals surface area contributed by atoms with Gasteiger partial charge in [-0.2, -0.15) is 0 Å². The smallest absolute Gasteiger partial charge is 0.234 e. The number of aryl methyl sites for hydroxylation is 1. The Hall–Kier alpha value is -1.94. The van der Waals surface area contributed by atoms with E-state index in [1.54, 1.807) is 6.07 Å². The van der Waals surface area contributed by atoms with E-state index in [0.29, 0.717) is 11.4 Å². The number of nitrogens with one attached hydrogen (secondary N) is 1. The largest absolute Gasteiger partial charge is 0.398 e. The number of anilines is 2. The van der Waals surface area contributed by atoms with Gasteiger partial charge in [0, 0.05) is 16.3 Å². The van der Waals surface area contributed by atoms with Crippen molar-refractivity contribution in [3.63, 3.8) is 0 Å².